The molecule has 0 bridgehead atoms. The van der Waals surface area contributed by atoms with Crippen LogP contribution < -0.4 is 10.6 Å². The Morgan fingerprint density at radius 2 is 1.65 bits per heavy atom. The van der Waals surface area contributed by atoms with Gasteiger partial charge >= 0.3 is 0 Å². The van der Waals surface area contributed by atoms with Crippen LogP contribution in [0.5, 0.6) is 0 Å². The molecule has 1 aliphatic rings. The van der Waals surface area contributed by atoms with Gasteiger partial charge in [0, 0.05) is 18.8 Å². The first-order valence-corrected chi connectivity index (χ1v) is 7.66. The van der Waals surface area contributed by atoms with Crippen LogP contribution in [0.15, 0.2) is 24.3 Å². The molecule has 2 N–H and O–H groups in total. The Morgan fingerprint density at radius 3 is 2.10 bits per heavy atom. The molecule has 0 aliphatic heterocycles. The molecule has 0 unspecified atom stereocenters. The SMILES string of the molecule is CCN(c1ccc(F)cc1)C1(CN)CCC(C)(C)CC1. The summed E-state index contributed by atoms with van der Waals surface area (Å²) in [5.74, 6) is -0.184. The van der Waals surface area contributed by atoms with Gasteiger partial charge in [0.2, 0.25) is 0 Å². The van der Waals surface area contributed by atoms with E-state index < -0.39 is 0 Å². The van der Waals surface area contributed by atoms with Gasteiger partial charge in [-0.2, -0.15) is 0 Å². The summed E-state index contributed by atoms with van der Waals surface area (Å²) < 4.78 is 13.1. The Balaban J connectivity index is 2.26. The number of benzene rings is 1. The molecule has 0 spiro atoms. The standard InChI is InChI=1S/C17H27FN2/c1-4-20(15-7-5-14(18)6-8-15)17(13-19)11-9-16(2,3)10-12-17/h5-8H,4,9-13,19H2,1-3H3. The first kappa shape index (κ1) is 15.3. The summed E-state index contributed by atoms with van der Waals surface area (Å²) >= 11 is 0. The molecular formula is C17H27FN2. The molecule has 1 fully saturated rings. The van der Waals surface area contributed by atoms with Gasteiger partial charge in [-0.3, -0.25) is 0 Å². The Bertz CT molecular complexity index is 429. The molecule has 20 heavy (non-hydrogen) atoms. The van der Waals surface area contributed by atoms with Gasteiger partial charge in [0.1, 0.15) is 5.82 Å². The third-order valence-corrected chi connectivity index (χ3v) is 4.94. The smallest absolute Gasteiger partial charge is 0.123 e. The molecule has 0 saturated heterocycles. The molecule has 0 heterocycles. The van der Waals surface area contributed by atoms with E-state index in [2.05, 4.69) is 25.7 Å². The van der Waals surface area contributed by atoms with E-state index in [0.29, 0.717) is 12.0 Å². The van der Waals surface area contributed by atoms with E-state index in [4.69, 9.17) is 5.73 Å². The number of anilines is 1. The van der Waals surface area contributed by atoms with Crippen LogP contribution in [-0.4, -0.2) is 18.6 Å². The predicted molar refractivity (Wildman–Crippen MR) is 83.5 cm³/mol. The predicted octanol–water partition coefficient (Wildman–Crippen LogP) is 3.95. The van der Waals surface area contributed by atoms with Crippen molar-refractivity contribution in [1.82, 2.24) is 0 Å². The zero-order valence-electron chi connectivity index (χ0n) is 13.0. The number of likely N-dealkylation sites (N-methyl/N-ethyl adjacent to an activating group) is 1. The normalized spacial score (nSPS) is 20.6. The summed E-state index contributed by atoms with van der Waals surface area (Å²) in [7, 11) is 0. The summed E-state index contributed by atoms with van der Waals surface area (Å²) in [5.41, 5.74) is 7.68. The maximum atomic E-state index is 13.1. The third kappa shape index (κ3) is 2.98. The van der Waals surface area contributed by atoms with Crippen molar-refractivity contribution >= 4 is 5.69 Å². The van der Waals surface area contributed by atoms with Crippen LogP contribution in [0.4, 0.5) is 10.1 Å². The molecule has 2 rings (SSSR count). The van der Waals surface area contributed by atoms with Crippen molar-refractivity contribution in [2.24, 2.45) is 11.1 Å². The summed E-state index contributed by atoms with van der Waals surface area (Å²) in [6, 6.07) is 6.82. The van der Waals surface area contributed by atoms with E-state index in [-0.39, 0.29) is 11.4 Å². The van der Waals surface area contributed by atoms with Gasteiger partial charge in [0.05, 0.1) is 5.54 Å². The third-order valence-electron chi connectivity index (χ3n) is 4.94. The fourth-order valence-corrected chi connectivity index (χ4v) is 3.39. The summed E-state index contributed by atoms with van der Waals surface area (Å²) in [5, 5.41) is 0. The molecule has 1 aromatic carbocycles. The maximum absolute atomic E-state index is 13.1. The Hall–Kier alpha value is -1.09. The van der Waals surface area contributed by atoms with Gasteiger partial charge in [-0.15, -0.1) is 0 Å². The largest absolute Gasteiger partial charge is 0.365 e. The van der Waals surface area contributed by atoms with Crippen molar-refractivity contribution in [3.05, 3.63) is 30.1 Å². The summed E-state index contributed by atoms with van der Waals surface area (Å²) in [6.07, 6.45) is 4.62. The average molecular weight is 278 g/mol. The minimum Gasteiger partial charge on any atom is -0.365 e. The van der Waals surface area contributed by atoms with Crippen molar-refractivity contribution in [2.75, 3.05) is 18.0 Å². The maximum Gasteiger partial charge on any atom is 0.123 e. The lowest BCUT2D eigenvalue weighted by Crippen LogP contribution is -2.57. The van der Waals surface area contributed by atoms with Crippen molar-refractivity contribution in [3.63, 3.8) is 0 Å². The van der Waals surface area contributed by atoms with Crippen LogP contribution >= 0.6 is 0 Å². The van der Waals surface area contributed by atoms with Crippen LogP contribution in [0.25, 0.3) is 0 Å². The molecule has 1 saturated carbocycles. The summed E-state index contributed by atoms with van der Waals surface area (Å²) in [6.45, 7) is 8.39. The zero-order chi connectivity index (χ0) is 14.8. The molecule has 0 aromatic heterocycles. The molecule has 112 valence electrons. The number of hydrogen-bond donors (Lipinski definition) is 1. The lowest BCUT2D eigenvalue weighted by atomic mass is 9.68. The number of nitrogens with zero attached hydrogens (tertiary/aromatic N) is 1. The second-order valence-electron chi connectivity index (χ2n) is 6.81. The second-order valence-corrected chi connectivity index (χ2v) is 6.81. The van der Waals surface area contributed by atoms with E-state index in [0.717, 1.165) is 25.1 Å². The Kier molecular flexibility index (Phi) is 4.38. The molecule has 0 amide bonds. The first-order chi connectivity index (χ1) is 9.42. The van der Waals surface area contributed by atoms with Gasteiger partial charge in [-0.25, -0.2) is 4.39 Å². The second kappa shape index (κ2) is 5.72. The van der Waals surface area contributed by atoms with Crippen LogP contribution in [0.2, 0.25) is 0 Å². The minimum atomic E-state index is -0.184. The molecule has 1 aromatic rings. The molecule has 1 aliphatic carbocycles. The number of hydrogen-bond acceptors (Lipinski definition) is 2. The molecule has 0 atom stereocenters. The van der Waals surface area contributed by atoms with Crippen LogP contribution in [-0.2, 0) is 0 Å². The van der Waals surface area contributed by atoms with Gasteiger partial charge in [-0.05, 0) is 62.3 Å². The van der Waals surface area contributed by atoms with E-state index >= 15 is 0 Å². The van der Waals surface area contributed by atoms with E-state index in [1.165, 1.54) is 25.0 Å². The highest BCUT2D eigenvalue weighted by molar-refractivity contribution is 5.49. The quantitative estimate of drug-likeness (QED) is 0.903. The lowest BCUT2D eigenvalue weighted by molar-refractivity contribution is 0.162. The highest BCUT2D eigenvalue weighted by Crippen LogP contribution is 2.43. The molecular weight excluding hydrogens is 251 g/mol. The Morgan fingerprint density at radius 1 is 1.10 bits per heavy atom. The fraction of sp³-hybridized carbons (Fsp3) is 0.647. The van der Waals surface area contributed by atoms with Gasteiger partial charge in [0.15, 0.2) is 0 Å². The lowest BCUT2D eigenvalue weighted by Gasteiger charge is -2.50. The van der Waals surface area contributed by atoms with Gasteiger partial charge in [0.25, 0.3) is 0 Å². The van der Waals surface area contributed by atoms with E-state index in [9.17, 15) is 4.39 Å². The first-order valence-electron chi connectivity index (χ1n) is 7.66. The average Bonchev–Trinajstić information content (AvgIpc) is 2.44. The highest BCUT2D eigenvalue weighted by Gasteiger charge is 2.41. The topological polar surface area (TPSA) is 29.3 Å². The minimum absolute atomic E-state index is 0.0299. The van der Waals surface area contributed by atoms with Gasteiger partial charge in [-0.1, -0.05) is 13.8 Å². The zero-order valence-corrected chi connectivity index (χ0v) is 13.0. The van der Waals surface area contributed by atoms with Crippen LogP contribution in [0, 0.1) is 11.2 Å². The van der Waals surface area contributed by atoms with Crippen molar-refractivity contribution in [2.45, 2.75) is 52.0 Å². The summed E-state index contributed by atoms with van der Waals surface area (Å²) in [4.78, 5) is 2.38. The van der Waals surface area contributed by atoms with Crippen molar-refractivity contribution < 1.29 is 4.39 Å². The Labute approximate surface area is 122 Å². The van der Waals surface area contributed by atoms with Crippen LogP contribution in [0.3, 0.4) is 0 Å². The number of nitrogens with two attached hydrogens (primary N) is 1. The highest BCUT2D eigenvalue weighted by atomic mass is 19.1. The molecule has 0 radical (unpaired) electrons. The number of rotatable bonds is 4. The van der Waals surface area contributed by atoms with Gasteiger partial charge < -0.3 is 10.6 Å². The van der Waals surface area contributed by atoms with E-state index in [1.807, 2.05) is 12.1 Å². The molecule has 2 nitrogen and oxygen atoms in total. The van der Waals surface area contributed by atoms with Crippen molar-refractivity contribution in [1.29, 1.82) is 0 Å². The molecule has 3 heteroatoms. The van der Waals surface area contributed by atoms with Crippen LogP contribution in [0.1, 0.15) is 46.5 Å². The van der Waals surface area contributed by atoms with E-state index in [1.54, 1.807) is 0 Å². The number of halogens is 1. The van der Waals surface area contributed by atoms with Crippen molar-refractivity contribution in [3.8, 4) is 0 Å². The fourth-order valence-electron chi connectivity index (χ4n) is 3.39. The monoisotopic (exact) mass is 278 g/mol.